The number of halogens is 4. The van der Waals surface area contributed by atoms with E-state index >= 15 is 0 Å². The Bertz CT molecular complexity index is 616. The average molecular weight is 300 g/mol. The van der Waals surface area contributed by atoms with Crippen molar-refractivity contribution in [3.63, 3.8) is 0 Å². The fraction of sp³-hybridized carbons (Fsp3) is 0.200. The first kappa shape index (κ1) is 14.9. The topological polar surface area (TPSA) is 12.0 Å². The lowest BCUT2D eigenvalue weighted by atomic mass is 9.98. The number of rotatable bonds is 4. The molecule has 0 spiro atoms. The number of benzene rings is 2. The van der Waals surface area contributed by atoms with E-state index in [2.05, 4.69) is 5.32 Å². The zero-order chi connectivity index (χ0) is 14.7. The smallest absolute Gasteiger partial charge is 0.128 e. The molecule has 2 rings (SSSR count). The molecule has 0 saturated heterocycles. The van der Waals surface area contributed by atoms with E-state index in [0.717, 1.165) is 18.2 Å². The largest absolute Gasteiger partial charge is 0.313 e. The van der Waals surface area contributed by atoms with Gasteiger partial charge in [-0.05, 0) is 55.4 Å². The van der Waals surface area contributed by atoms with Gasteiger partial charge in [-0.3, -0.25) is 0 Å². The number of likely N-dealkylation sites (N-methyl/N-ethyl adjacent to an activating group) is 1. The molecule has 0 amide bonds. The second-order valence-electron chi connectivity index (χ2n) is 4.45. The lowest BCUT2D eigenvalue weighted by Gasteiger charge is -2.18. The maximum absolute atomic E-state index is 13.8. The van der Waals surface area contributed by atoms with E-state index in [-0.39, 0.29) is 12.0 Å². The van der Waals surface area contributed by atoms with E-state index in [4.69, 9.17) is 11.6 Å². The van der Waals surface area contributed by atoms with Crippen LogP contribution < -0.4 is 5.32 Å². The highest BCUT2D eigenvalue weighted by molar-refractivity contribution is 6.30. The molecule has 0 aliphatic rings. The van der Waals surface area contributed by atoms with Gasteiger partial charge in [-0.1, -0.05) is 11.6 Å². The molecule has 0 heterocycles. The molecule has 1 atom stereocenters. The van der Waals surface area contributed by atoms with Gasteiger partial charge in [0.25, 0.3) is 0 Å². The van der Waals surface area contributed by atoms with Gasteiger partial charge in [-0.15, -0.1) is 0 Å². The predicted molar refractivity (Wildman–Crippen MR) is 73.3 cm³/mol. The maximum atomic E-state index is 13.8. The second kappa shape index (κ2) is 6.29. The SMILES string of the molecule is CNC(Cc1cc(Cl)ccc1F)c1cc(F)ccc1F. The van der Waals surface area contributed by atoms with Crippen molar-refractivity contribution in [2.45, 2.75) is 12.5 Å². The summed E-state index contributed by atoms with van der Waals surface area (Å²) in [7, 11) is 1.61. The first-order valence-corrected chi connectivity index (χ1v) is 6.45. The molecule has 0 aliphatic carbocycles. The minimum atomic E-state index is -0.543. The third-order valence-electron chi connectivity index (χ3n) is 3.11. The molecule has 2 aromatic rings. The molecule has 2 aromatic carbocycles. The van der Waals surface area contributed by atoms with E-state index in [1.165, 1.54) is 18.2 Å². The average Bonchev–Trinajstić information content (AvgIpc) is 2.42. The van der Waals surface area contributed by atoms with Gasteiger partial charge in [-0.25, -0.2) is 13.2 Å². The van der Waals surface area contributed by atoms with Crippen LogP contribution >= 0.6 is 11.6 Å². The molecule has 5 heteroatoms. The van der Waals surface area contributed by atoms with E-state index in [0.29, 0.717) is 10.6 Å². The van der Waals surface area contributed by atoms with Crippen LogP contribution in [0.5, 0.6) is 0 Å². The second-order valence-corrected chi connectivity index (χ2v) is 4.88. The highest BCUT2D eigenvalue weighted by Crippen LogP contribution is 2.24. The molecule has 106 valence electrons. The lowest BCUT2D eigenvalue weighted by molar-refractivity contribution is 0.511. The summed E-state index contributed by atoms with van der Waals surface area (Å²) in [6.07, 6.45) is 0.170. The summed E-state index contributed by atoms with van der Waals surface area (Å²) < 4.78 is 40.7. The first-order chi connectivity index (χ1) is 9.51. The monoisotopic (exact) mass is 299 g/mol. The third-order valence-corrected chi connectivity index (χ3v) is 3.35. The third kappa shape index (κ3) is 3.32. The van der Waals surface area contributed by atoms with Crippen LogP contribution in [0.3, 0.4) is 0 Å². The summed E-state index contributed by atoms with van der Waals surface area (Å²) in [5.74, 6) is -1.49. The quantitative estimate of drug-likeness (QED) is 0.889. The summed E-state index contributed by atoms with van der Waals surface area (Å²) in [6, 6.07) is 6.86. The zero-order valence-electron chi connectivity index (χ0n) is 10.8. The highest BCUT2D eigenvalue weighted by Gasteiger charge is 2.17. The summed E-state index contributed by atoms with van der Waals surface area (Å²) >= 11 is 5.82. The van der Waals surface area contributed by atoms with E-state index in [1.54, 1.807) is 7.05 Å². The summed E-state index contributed by atoms with van der Waals surface area (Å²) in [6.45, 7) is 0. The van der Waals surface area contributed by atoms with Crippen LogP contribution in [0.15, 0.2) is 36.4 Å². The Morgan fingerprint density at radius 1 is 1.05 bits per heavy atom. The van der Waals surface area contributed by atoms with Gasteiger partial charge in [0, 0.05) is 16.6 Å². The Hall–Kier alpha value is -1.52. The Morgan fingerprint density at radius 3 is 2.45 bits per heavy atom. The van der Waals surface area contributed by atoms with Gasteiger partial charge in [0.2, 0.25) is 0 Å². The van der Waals surface area contributed by atoms with Crippen molar-refractivity contribution in [2.24, 2.45) is 0 Å². The van der Waals surface area contributed by atoms with Crippen LogP contribution in [-0.4, -0.2) is 7.05 Å². The Morgan fingerprint density at radius 2 is 1.75 bits per heavy atom. The first-order valence-electron chi connectivity index (χ1n) is 6.07. The van der Waals surface area contributed by atoms with Crippen LogP contribution in [0.1, 0.15) is 17.2 Å². The van der Waals surface area contributed by atoms with E-state index in [9.17, 15) is 13.2 Å². The standard InChI is InChI=1S/C15H13ClF3N/c1-20-15(12-8-11(17)3-5-14(12)19)7-9-6-10(16)2-4-13(9)18/h2-6,8,15,20H,7H2,1H3. The van der Waals surface area contributed by atoms with Crippen molar-refractivity contribution >= 4 is 11.6 Å². The van der Waals surface area contributed by atoms with Crippen LogP contribution in [0.4, 0.5) is 13.2 Å². The minimum Gasteiger partial charge on any atom is -0.313 e. The van der Waals surface area contributed by atoms with Gasteiger partial charge >= 0.3 is 0 Å². The molecule has 0 bridgehead atoms. The van der Waals surface area contributed by atoms with Crippen molar-refractivity contribution in [1.82, 2.24) is 5.32 Å². The van der Waals surface area contributed by atoms with Gasteiger partial charge in [0.15, 0.2) is 0 Å². The van der Waals surface area contributed by atoms with Crippen molar-refractivity contribution in [3.8, 4) is 0 Å². The van der Waals surface area contributed by atoms with Gasteiger partial charge in [-0.2, -0.15) is 0 Å². The van der Waals surface area contributed by atoms with Crippen LogP contribution in [0.25, 0.3) is 0 Å². The summed E-state index contributed by atoms with van der Waals surface area (Å²) in [5, 5.41) is 3.26. The van der Waals surface area contributed by atoms with Crippen molar-refractivity contribution < 1.29 is 13.2 Å². The molecular weight excluding hydrogens is 287 g/mol. The lowest BCUT2D eigenvalue weighted by Crippen LogP contribution is -2.20. The molecule has 0 saturated carbocycles. The molecule has 0 aromatic heterocycles. The fourth-order valence-electron chi connectivity index (χ4n) is 2.07. The molecule has 0 aliphatic heterocycles. The van der Waals surface area contributed by atoms with Crippen molar-refractivity contribution in [2.75, 3.05) is 7.05 Å². The predicted octanol–water partition coefficient (Wildman–Crippen LogP) is 4.26. The normalized spacial score (nSPS) is 12.4. The molecule has 1 nitrogen and oxygen atoms in total. The molecule has 20 heavy (non-hydrogen) atoms. The Kier molecular flexibility index (Phi) is 4.68. The van der Waals surface area contributed by atoms with Crippen molar-refractivity contribution in [3.05, 3.63) is 70.0 Å². The molecule has 1 N–H and O–H groups in total. The number of hydrogen-bond donors (Lipinski definition) is 1. The number of hydrogen-bond acceptors (Lipinski definition) is 1. The van der Waals surface area contributed by atoms with Crippen LogP contribution in [0, 0.1) is 17.5 Å². The van der Waals surface area contributed by atoms with Gasteiger partial charge in [0.05, 0.1) is 0 Å². The maximum Gasteiger partial charge on any atom is 0.128 e. The fourth-order valence-corrected chi connectivity index (χ4v) is 2.26. The molecule has 1 unspecified atom stereocenters. The van der Waals surface area contributed by atoms with Crippen molar-refractivity contribution in [1.29, 1.82) is 0 Å². The highest BCUT2D eigenvalue weighted by atomic mass is 35.5. The van der Waals surface area contributed by atoms with Gasteiger partial charge in [0.1, 0.15) is 17.5 Å². The molecule has 0 radical (unpaired) electrons. The van der Waals surface area contributed by atoms with Crippen LogP contribution in [0.2, 0.25) is 5.02 Å². The van der Waals surface area contributed by atoms with E-state index in [1.807, 2.05) is 0 Å². The number of nitrogens with one attached hydrogen (secondary N) is 1. The minimum absolute atomic E-state index is 0.159. The summed E-state index contributed by atoms with van der Waals surface area (Å²) in [5.41, 5.74) is 0.507. The Balaban J connectivity index is 2.33. The Labute approximate surface area is 120 Å². The van der Waals surface area contributed by atoms with Gasteiger partial charge < -0.3 is 5.32 Å². The molecular formula is C15H13ClF3N. The van der Waals surface area contributed by atoms with E-state index < -0.39 is 23.5 Å². The summed E-state index contributed by atoms with van der Waals surface area (Å²) in [4.78, 5) is 0. The van der Waals surface area contributed by atoms with Crippen LogP contribution in [-0.2, 0) is 6.42 Å². The molecule has 0 fully saturated rings. The zero-order valence-corrected chi connectivity index (χ0v) is 11.5.